The van der Waals surface area contributed by atoms with Gasteiger partial charge in [0.05, 0.1) is 18.1 Å². The van der Waals surface area contributed by atoms with Crippen LogP contribution < -0.4 is 0 Å². The average Bonchev–Trinajstić information content (AvgIpc) is 2.84. The minimum Gasteiger partial charge on any atom is -0.439 e. The second kappa shape index (κ2) is 5.98. The average molecular weight is 337 g/mol. The van der Waals surface area contributed by atoms with E-state index in [1.807, 2.05) is 6.92 Å². The van der Waals surface area contributed by atoms with Gasteiger partial charge in [-0.1, -0.05) is 28.7 Å². The van der Waals surface area contributed by atoms with Crippen LogP contribution in [0.1, 0.15) is 18.4 Å². The van der Waals surface area contributed by atoms with Gasteiger partial charge in [-0.05, 0) is 25.1 Å². The van der Waals surface area contributed by atoms with Crippen LogP contribution >= 0.6 is 0 Å². The monoisotopic (exact) mass is 337 g/mol. The Hall–Kier alpha value is -1.86. The summed E-state index contributed by atoms with van der Waals surface area (Å²) >= 11 is 0. The van der Waals surface area contributed by atoms with Gasteiger partial charge in [-0.15, -0.1) is 0 Å². The zero-order chi connectivity index (χ0) is 16.5. The number of benzene rings is 1. The Labute approximate surface area is 135 Å². The largest absolute Gasteiger partial charge is 0.439 e. The summed E-state index contributed by atoms with van der Waals surface area (Å²) in [5, 5.41) is 0. The summed E-state index contributed by atoms with van der Waals surface area (Å²) in [6.45, 7) is 6.69. The second-order valence-corrected chi connectivity index (χ2v) is 7.30. The molecule has 1 aromatic rings. The molecule has 1 unspecified atom stereocenters. The quantitative estimate of drug-likeness (QED) is 0.791. The van der Waals surface area contributed by atoms with Crippen LogP contribution in [0.15, 0.2) is 46.2 Å². The highest BCUT2D eigenvalue weighted by molar-refractivity contribution is 7.90. The Balaban J connectivity index is 1.88. The molecule has 0 bridgehead atoms. The zero-order valence-electron chi connectivity index (χ0n) is 12.9. The number of rotatable bonds is 3. The van der Waals surface area contributed by atoms with Gasteiger partial charge in [0.2, 0.25) is 0 Å². The van der Waals surface area contributed by atoms with Gasteiger partial charge in [0.15, 0.2) is 11.7 Å². The van der Waals surface area contributed by atoms with Crippen LogP contribution in [0.25, 0.3) is 0 Å². The molecule has 2 heterocycles. The third-order valence-electron chi connectivity index (χ3n) is 4.10. The highest BCUT2D eigenvalue weighted by atomic mass is 32.2. The van der Waals surface area contributed by atoms with Crippen LogP contribution in [0.2, 0.25) is 0 Å². The molecule has 1 atom stereocenters. The van der Waals surface area contributed by atoms with E-state index in [4.69, 9.17) is 14.2 Å². The number of ether oxygens (including phenoxy) is 3. The summed E-state index contributed by atoms with van der Waals surface area (Å²) in [5.74, 6) is 0. The van der Waals surface area contributed by atoms with Crippen molar-refractivity contribution >= 4 is 16.1 Å². The van der Waals surface area contributed by atoms with E-state index in [0.717, 1.165) is 5.56 Å². The van der Waals surface area contributed by atoms with E-state index < -0.39 is 21.7 Å². The maximum absolute atomic E-state index is 12.4. The molecule has 1 spiro atoms. The second-order valence-electron chi connectivity index (χ2n) is 5.70. The van der Waals surface area contributed by atoms with Gasteiger partial charge in [0.1, 0.15) is 0 Å². The fraction of sp³-hybridized carbons (Fsp3) is 0.438. The summed E-state index contributed by atoms with van der Waals surface area (Å²) in [7, 11) is -3.88. The summed E-state index contributed by atoms with van der Waals surface area (Å²) in [6, 6.07) is 6.46. The molecular formula is C16H19NO5S. The smallest absolute Gasteiger partial charge is 0.401 e. The fourth-order valence-corrected chi connectivity index (χ4v) is 3.60. The summed E-state index contributed by atoms with van der Waals surface area (Å²) in [6.07, 6.45) is 2.17. The van der Waals surface area contributed by atoms with E-state index >= 15 is 0 Å². The molecule has 0 radical (unpaired) electrons. The van der Waals surface area contributed by atoms with Gasteiger partial charge in [-0.2, -0.15) is 8.42 Å². The summed E-state index contributed by atoms with van der Waals surface area (Å²) in [5.41, 5.74) is 0.333. The molecule has 0 aromatic heterocycles. The topological polar surface area (TPSA) is 74.2 Å². The summed E-state index contributed by atoms with van der Waals surface area (Å²) < 4.78 is 45.1. The first-order valence-corrected chi connectivity index (χ1v) is 8.87. The highest BCUT2D eigenvalue weighted by Crippen LogP contribution is 2.37. The van der Waals surface area contributed by atoms with E-state index in [1.165, 1.54) is 12.1 Å². The van der Waals surface area contributed by atoms with Crippen molar-refractivity contribution in [3.8, 4) is 0 Å². The number of aryl methyl sites for hydroxylation is 1. The molecule has 124 valence electrons. The standard InChI is InChI=1S/C16H19NO5S/c1-3-14-16(8-10-20-11-9-16)22-15(21-14)17-23(18,19)13-6-4-12(2)5-7-13/h3-7,14H,1,8-11H2,2H3/b17-15-. The third-order valence-corrected chi connectivity index (χ3v) is 5.36. The van der Waals surface area contributed by atoms with Gasteiger partial charge in [0.25, 0.3) is 10.0 Å². The molecule has 3 rings (SSSR count). The van der Waals surface area contributed by atoms with Crippen LogP contribution in [0.3, 0.4) is 0 Å². The van der Waals surface area contributed by atoms with Gasteiger partial charge >= 0.3 is 6.08 Å². The van der Waals surface area contributed by atoms with Gasteiger partial charge in [0, 0.05) is 12.8 Å². The first-order valence-electron chi connectivity index (χ1n) is 7.43. The van der Waals surface area contributed by atoms with E-state index in [0.29, 0.717) is 26.1 Å². The van der Waals surface area contributed by atoms with Crippen LogP contribution in [0.5, 0.6) is 0 Å². The number of hydrogen-bond acceptors (Lipinski definition) is 5. The Morgan fingerprint density at radius 1 is 1.26 bits per heavy atom. The predicted octanol–water partition coefficient (Wildman–Crippen LogP) is 2.19. The van der Waals surface area contributed by atoms with Crippen molar-refractivity contribution in [2.45, 2.75) is 36.4 Å². The lowest BCUT2D eigenvalue weighted by molar-refractivity contribution is -0.0528. The minimum atomic E-state index is -3.88. The zero-order valence-corrected chi connectivity index (χ0v) is 13.7. The van der Waals surface area contributed by atoms with E-state index in [1.54, 1.807) is 18.2 Å². The molecule has 6 nitrogen and oxygen atoms in total. The van der Waals surface area contributed by atoms with Gasteiger partial charge < -0.3 is 14.2 Å². The number of sulfonamides is 1. The Kier molecular flexibility index (Phi) is 4.16. The van der Waals surface area contributed by atoms with Gasteiger partial charge in [-0.25, -0.2) is 0 Å². The van der Waals surface area contributed by atoms with Crippen molar-refractivity contribution in [3.05, 3.63) is 42.5 Å². The van der Waals surface area contributed by atoms with Crippen molar-refractivity contribution in [3.63, 3.8) is 0 Å². The lowest BCUT2D eigenvalue weighted by atomic mass is 9.88. The van der Waals surface area contributed by atoms with Gasteiger partial charge in [-0.3, -0.25) is 0 Å². The van der Waals surface area contributed by atoms with Crippen molar-refractivity contribution in [1.82, 2.24) is 0 Å². The predicted molar refractivity (Wildman–Crippen MR) is 84.7 cm³/mol. The van der Waals surface area contributed by atoms with E-state index in [2.05, 4.69) is 11.0 Å². The number of hydrogen-bond donors (Lipinski definition) is 0. The molecule has 1 aromatic carbocycles. The Bertz CT molecular complexity index is 717. The van der Waals surface area contributed by atoms with E-state index in [9.17, 15) is 8.42 Å². The molecular weight excluding hydrogens is 318 g/mol. The SMILES string of the molecule is C=CC1O/C(=N/S(=O)(=O)c2ccc(C)cc2)OC12CCOCC2. The molecule has 0 N–H and O–H groups in total. The molecule has 0 saturated carbocycles. The van der Waals surface area contributed by atoms with Crippen LogP contribution in [-0.4, -0.2) is 39.4 Å². The molecule has 0 amide bonds. The van der Waals surface area contributed by atoms with E-state index in [-0.39, 0.29) is 11.0 Å². The van der Waals surface area contributed by atoms with Crippen LogP contribution in [0.4, 0.5) is 0 Å². The molecule has 7 heteroatoms. The van der Waals surface area contributed by atoms with Crippen molar-refractivity contribution in [1.29, 1.82) is 0 Å². The fourth-order valence-electron chi connectivity index (χ4n) is 2.74. The maximum Gasteiger partial charge on any atom is 0.401 e. The lowest BCUT2D eigenvalue weighted by Crippen LogP contribution is -2.43. The normalized spacial score (nSPS) is 25.1. The van der Waals surface area contributed by atoms with Crippen LogP contribution in [0, 0.1) is 6.92 Å². The maximum atomic E-state index is 12.4. The first-order chi connectivity index (χ1) is 11.0. The molecule has 2 saturated heterocycles. The van der Waals surface area contributed by atoms with Crippen molar-refractivity contribution in [2.24, 2.45) is 4.40 Å². The number of nitrogens with zero attached hydrogens (tertiary/aromatic N) is 1. The van der Waals surface area contributed by atoms with Crippen molar-refractivity contribution in [2.75, 3.05) is 13.2 Å². The molecule has 0 aliphatic carbocycles. The third kappa shape index (κ3) is 3.11. The lowest BCUT2D eigenvalue weighted by Gasteiger charge is -2.32. The molecule has 23 heavy (non-hydrogen) atoms. The molecule has 2 aliphatic rings. The highest BCUT2D eigenvalue weighted by Gasteiger charge is 2.50. The minimum absolute atomic E-state index is 0.103. The first kappa shape index (κ1) is 16.0. The molecule has 2 fully saturated rings. The molecule has 2 aliphatic heterocycles. The Morgan fingerprint density at radius 3 is 2.52 bits per heavy atom. The van der Waals surface area contributed by atoms with Crippen LogP contribution in [-0.2, 0) is 24.2 Å². The summed E-state index contributed by atoms with van der Waals surface area (Å²) in [4.78, 5) is 0.103. The van der Waals surface area contributed by atoms with Crippen molar-refractivity contribution < 1.29 is 22.6 Å². The Morgan fingerprint density at radius 2 is 1.91 bits per heavy atom.